The van der Waals surface area contributed by atoms with E-state index in [1.165, 1.54) is 6.07 Å². The Balaban J connectivity index is 2.29. The smallest absolute Gasteiger partial charge is 0.355 e. The molecule has 0 saturated carbocycles. The normalized spacial score (nSPS) is 11.5. The molecular weight excluding hydrogens is 303 g/mol. The third-order valence-corrected chi connectivity index (χ3v) is 3.19. The van der Waals surface area contributed by atoms with Gasteiger partial charge in [0.05, 0.1) is 0 Å². The summed E-state index contributed by atoms with van der Waals surface area (Å²) in [5.74, 6) is -1.10. The highest BCUT2D eigenvalue weighted by atomic mass is 35.5. The number of hydrogen-bond donors (Lipinski definition) is 0. The van der Waals surface area contributed by atoms with E-state index in [-0.39, 0.29) is 11.0 Å². The highest BCUT2D eigenvalue weighted by Crippen LogP contribution is 2.29. The summed E-state index contributed by atoms with van der Waals surface area (Å²) in [7, 11) is 1.66. The van der Waals surface area contributed by atoms with Crippen molar-refractivity contribution in [2.24, 2.45) is 0 Å². The fraction of sp³-hybridized carbons (Fsp3) is 0.286. The molecule has 0 fully saturated rings. The predicted molar refractivity (Wildman–Crippen MR) is 75.3 cm³/mol. The molecule has 2 rings (SSSR count). The molecular formula is C14H13ClF3N3. The molecule has 3 nitrogen and oxygen atoms in total. The molecule has 0 unspecified atom stereocenters. The third-order valence-electron chi connectivity index (χ3n) is 2.99. The summed E-state index contributed by atoms with van der Waals surface area (Å²) < 4.78 is 38.1. The monoisotopic (exact) mass is 315 g/mol. The SMILES string of the molecule is Cc1ccccc1CN(C)c1cc(Cl)nc(C(F)(F)F)n1. The Labute approximate surface area is 125 Å². The van der Waals surface area contributed by atoms with Gasteiger partial charge in [0.15, 0.2) is 0 Å². The molecule has 1 aromatic heterocycles. The molecule has 0 spiro atoms. The van der Waals surface area contributed by atoms with Gasteiger partial charge in [0, 0.05) is 19.7 Å². The third kappa shape index (κ3) is 3.85. The van der Waals surface area contributed by atoms with Crippen molar-refractivity contribution in [2.75, 3.05) is 11.9 Å². The number of aryl methyl sites for hydroxylation is 1. The zero-order valence-corrected chi connectivity index (χ0v) is 12.2. The summed E-state index contributed by atoms with van der Waals surface area (Å²) in [5.41, 5.74) is 2.06. The predicted octanol–water partition coefficient (Wildman–Crippen LogP) is 4.09. The quantitative estimate of drug-likeness (QED) is 0.799. The highest BCUT2D eigenvalue weighted by molar-refractivity contribution is 6.29. The molecule has 0 saturated heterocycles. The van der Waals surface area contributed by atoms with Crippen molar-refractivity contribution < 1.29 is 13.2 Å². The zero-order valence-electron chi connectivity index (χ0n) is 11.4. The molecule has 2 aromatic rings. The maximum Gasteiger partial charge on any atom is 0.451 e. The van der Waals surface area contributed by atoms with Crippen molar-refractivity contribution in [2.45, 2.75) is 19.6 Å². The second-order valence-electron chi connectivity index (χ2n) is 4.65. The van der Waals surface area contributed by atoms with Crippen LogP contribution in [-0.2, 0) is 12.7 Å². The van der Waals surface area contributed by atoms with Crippen LogP contribution >= 0.6 is 11.6 Å². The van der Waals surface area contributed by atoms with Gasteiger partial charge in [-0.1, -0.05) is 35.9 Å². The van der Waals surface area contributed by atoms with E-state index in [9.17, 15) is 13.2 Å². The lowest BCUT2D eigenvalue weighted by atomic mass is 10.1. The van der Waals surface area contributed by atoms with E-state index in [0.29, 0.717) is 6.54 Å². The number of alkyl halides is 3. The van der Waals surface area contributed by atoms with E-state index in [4.69, 9.17) is 11.6 Å². The molecule has 0 atom stereocenters. The lowest BCUT2D eigenvalue weighted by molar-refractivity contribution is -0.144. The van der Waals surface area contributed by atoms with E-state index in [1.54, 1.807) is 11.9 Å². The molecule has 0 aliphatic carbocycles. The van der Waals surface area contributed by atoms with Crippen LogP contribution in [0.5, 0.6) is 0 Å². The first-order valence-corrected chi connectivity index (χ1v) is 6.52. The summed E-state index contributed by atoms with van der Waals surface area (Å²) >= 11 is 5.66. The molecule has 0 bridgehead atoms. The maximum atomic E-state index is 12.7. The standard InChI is InChI=1S/C14H13ClF3N3/c1-9-5-3-4-6-10(9)8-21(2)12-7-11(15)19-13(20-12)14(16,17)18/h3-7H,8H2,1-2H3. The second kappa shape index (κ2) is 5.89. The minimum absolute atomic E-state index is 0.130. The molecule has 21 heavy (non-hydrogen) atoms. The van der Waals surface area contributed by atoms with Crippen LogP contribution in [0.15, 0.2) is 30.3 Å². The minimum Gasteiger partial charge on any atom is -0.355 e. The van der Waals surface area contributed by atoms with Gasteiger partial charge >= 0.3 is 6.18 Å². The van der Waals surface area contributed by atoms with Gasteiger partial charge in [0.2, 0.25) is 5.82 Å². The first kappa shape index (κ1) is 15.6. The van der Waals surface area contributed by atoms with E-state index >= 15 is 0 Å². The van der Waals surface area contributed by atoms with Crippen LogP contribution in [0.2, 0.25) is 5.15 Å². The van der Waals surface area contributed by atoms with Gasteiger partial charge in [-0.3, -0.25) is 0 Å². The lowest BCUT2D eigenvalue weighted by Gasteiger charge is -2.20. The molecule has 112 valence electrons. The fourth-order valence-electron chi connectivity index (χ4n) is 1.85. The largest absolute Gasteiger partial charge is 0.451 e. The molecule has 1 heterocycles. The second-order valence-corrected chi connectivity index (χ2v) is 5.04. The van der Waals surface area contributed by atoms with Crippen molar-refractivity contribution >= 4 is 17.4 Å². The molecule has 0 N–H and O–H groups in total. The van der Waals surface area contributed by atoms with Crippen molar-refractivity contribution in [3.05, 3.63) is 52.4 Å². The average molecular weight is 316 g/mol. The number of rotatable bonds is 3. The van der Waals surface area contributed by atoms with E-state index < -0.39 is 12.0 Å². The van der Waals surface area contributed by atoms with Crippen LogP contribution < -0.4 is 4.90 Å². The molecule has 0 radical (unpaired) electrons. The first-order chi connectivity index (χ1) is 9.77. The summed E-state index contributed by atoms with van der Waals surface area (Å²) in [6, 6.07) is 8.96. The topological polar surface area (TPSA) is 29.0 Å². The van der Waals surface area contributed by atoms with Crippen LogP contribution in [0.3, 0.4) is 0 Å². The molecule has 0 amide bonds. The maximum absolute atomic E-state index is 12.7. The number of anilines is 1. The van der Waals surface area contributed by atoms with Gasteiger partial charge in [-0.25, -0.2) is 9.97 Å². The Bertz CT molecular complexity index is 644. The summed E-state index contributed by atoms with van der Waals surface area (Å²) in [6.07, 6.45) is -4.62. The van der Waals surface area contributed by atoms with Crippen molar-refractivity contribution in [1.29, 1.82) is 0 Å². The Hall–Kier alpha value is -1.82. The molecule has 7 heteroatoms. The fourth-order valence-corrected chi connectivity index (χ4v) is 2.03. The van der Waals surface area contributed by atoms with Gasteiger partial charge in [-0.15, -0.1) is 0 Å². The molecule has 0 aliphatic heterocycles. The average Bonchev–Trinajstić information content (AvgIpc) is 2.39. The van der Waals surface area contributed by atoms with Gasteiger partial charge < -0.3 is 4.90 Å². The van der Waals surface area contributed by atoms with Crippen LogP contribution in [0, 0.1) is 6.92 Å². The Morgan fingerprint density at radius 3 is 2.48 bits per heavy atom. The van der Waals surface area contributed by atoms with E-state index in [2.05, 4.69) is 9.97 Å². The number of nitrogens with zero attached hydrogens (tertiary/aromatic N) is 3. The summed E-state index contributed by atoms with van der Waals surface area (Å²) in [6.45, 7) is 2.37. The Kier molecular flexibility index (Phi) is 4.37. The van der Waals surface area contributed by atoms with Gasteiger partial charge in [-0.2, -0.15) is 13.2 Å². The van der Waals surface area contributed by atoms with Gasteiger partial charge in [-0.05, 0) is 18.1 Å². The number of hydrogen-bond acceptors (Lipinski definition) is 3. The minimum atomic E-state index is -4.62. The molecule has 0 aliphatic rings. The van der Waals surface area contributed by atoms with Crippen molar-refractivity contribution in [3.63, 3.8) is 0 Å². The Morgan fingerprint density at radius 2 is 1.86 bits per heavy atom. The Morgan fingerprint density at radius 1 is 1.19 bits per heavy atom. The van der Waals surface area contributed by atoms with Crippen LogP contribution in [0.25, 0.3) is 0 Å². The van der Waals surface area contributed by atoms with Crippen molar-refractivity contribution in [1.82, 2.24) is 9.97 Å². The number of aromatic nitrogens is 2. The van der Waals surface area contributed by atoms with E-state index in [1.807, 2.05) is 31.2 Å². The van der Waals surface area contributed by atoms with Crippen molar-refractivity contribution in [3.8, 4) is 0 Å². The van der Waals surface area contributed by atoms with Gasteiger partial charge in [0.25, 0.3) is 0 Å². The molecule has 1 aromatic carbocycles. The summed E-state index contributed by atoms with van der Waals surface area (Å²) in [4.78, 5) is 8.35. The van der Waals surface area contributed by atoms with Crippen LogP contribution in [-0.4, -0.2) is 17.0 Å². The lowest BCUT2D eigenvalue weighted by Crippen LogP contribution is -2.21. The summed E-state index contributed by atoms with van der Waals surface area (Å²) in [5, 5.41) is -0.232. The zero-order chi connectivity index (χ0) is 15.6. The number of benzene rings is 1. The van der Waals surface area contributed by atoms with Crippen LogP contribution in [0.1, 0.15) is 17.0 Å². The highest BCUT2D eigenvalue weighted by Gasteiger charge is 2.35. The van der Waals surface area contributed by atoms with Gasteiger partial charge in [0.1, 0.15) is 11.0 Å². The van der Waals surface area contributed by atoms with Crippen LogP contribution in [0.4, 0.5) is 19.0 Å². The van der Waals surface area contributed by atoms with E-state index in [0.717, 1.165) is 11.1 Å². The number of halogens is 4. The first-order valence-electron chi connectivity index (χ1n) is 6.15.